The predicted octanol–water partition coefficient (Wildman–Crippen LogP) is 3.41. The summed E-state index contributed by atoms with van der Waals surface area (Å²) in [6, 6.07) is 4.86. The predicted molar refractivity (Wildman–Crippen MR) is 109 cm³/mol. The van der Waals surface area contributed by atoms with E-state index in [0.717, 1.165) is 38.8 Å². The third-order valence-electron chi connectivity index (χ3n) is 6.09. The molecule has 3 aromatic rings. The normalized spacial score (nSPS) is 19.6. The first kappa shape index (κ1) is 18.8. The first-order valence-electron chi connectivity index (χ1n) is 10.5. The fourth-order valence-corrected chi connectivity index (χ4v) is 4.55. The van der Waals surface area contributed by atoms with Crippen molar-refractivity contribution in [1.82, 2.24) is 19.9 Å². The van der Waals surface area contributed by atoms with Crippen LogP contribution in [0.2, 0.25) is 0 Å². The van der Waals surface area contributed by atoms with Crippen molar-refractivity contribution in [2.75, 3.05) is 19.6 Å². The molecule has 2 aliphatic heterocycles. The Bertz CT molecular complexity index is 1080. The molecule has 5 heterocycles. The van der Waals surface area contributed by atoms with Gasteiger partial charge in [0.2, 0.25) is 5.91 Å². The highest BCUT2D eigenvalue weighted by atomic mass is 16.5. The van der Waals surface area contributed by atoms with Crippen molar-refractivity contribution < 1.29 is 18.5 Å². The highest BCUT2D eigenvalue weighted by Gasteiger charge is 2.37. The molecule has 0 aliphatic carbocycles. The van der Waals surface area contributed by atoms with Gasteiger partial charge in [-0.25, -0.2) is 4.98 Å². The van der Waals surface area contributed by atoms with Crippen molar-refractivity contribution in [2.24, 2.45) is 0 Å². The lowest BCUT2D eigenvalue weighted by molar-refractivity contribution is -0.136. The molecule has 0 spiro atoms. The molecule has 30 heavy (non-hydrogen) atoms. The fraction of sp³-hybridized carbons (Fsp3) is 0.455. The molecule has 2 saturated heterocycles. The Labute approximate surface area is 173 Å². The van der Waals surface area contributed by atoms with Crippen molar-refractivity contribution in [2.45, 2.75) is 45.1 Å². The smallest absolute Gasteiger partial charge is 0.259 e. The van der Waals surface area contributed by atoms with E-state index in [1.165, 1.54) is 0 Å². The van der Waals surface area contributed by atoms with Crippen LogP contribution in [-0.4, -0.2) is 57.4 Å². The number of fused-ring (bicyclic) bond motifs is 1. The maximum atomic E-state index is 13.7. The first-order valence-corrected chi connectivity index (χ1v) is 10.5. The van der Waals surface area contributed by atoms with Crippen LogP contribution in [0.15, 0.2) is 33.4 Å². The zero-order valence-electron chi connectivity index (χ0n) is 17.0. The summed E-state index contributed by atoms with van der Waals surface area (Å²) in [4.78, 5) is 35.0. The molecule has 0 radical (unpaired) electrons. The number of aryl methyl sites for hydroxylation is 1. The van der Waals surface area contributed by atoms with Crippen LogP contribution in [0, 0.1) is 6.92 Å². The molecule has 156 valence electrons. The number of amides is 2. The number of pyridine rings is 1. The lowest BCUT2D eigenvalue weighted by atomic mass is 9.98. The van der Waals surface area contributed by atoms with Gasteiger partial charge in [-0.15, -0.1) is 0 Å². The number of hydrogen-bond acceptors (Lipinski definition) is 6. The number of hydrogen-bond donors (Lipinski definition) is 0. The maximum absolute atomic E-state index is 13.7. The first-order chi connectivity index (χ1) is 14.6. The summed E-state index contributed by atoms with van der Waals surface area (Å²) in [6.07, 6.45) is 6.15. The summed E-state index contributed by atoms with van der Waals surface area (Å²) in [6.45, 7) is 3.92. The Morgan fingerprint density at radius 3 is 2.70 bits per heavy atom. The third kappa shape index (κ3) is 3.16. The van der Waals surface area contributed by atoms with Crippen molar-refractivity contribution >= 4 is 22.9 Å². The van der Waals surface area contributed by atoms with Gasteiger partial charge in [0.15, 0.2) is 5.76 Å². The van der Waals surface area contributed by atoms with Crippen molar-refractivity contribution in [3.05, 3.63) is 35.7 Å². The van der Waals surface area contributed by atoms with Gasteiger partial charge in [-0.05, 0) is 57.2 Å². The minimum atomic E-state index is -0.417. The van der Waals surface area contributed by atoms with Crippen LogP contribution in [0.25, 0.3) is 22.6 Å². The van der Waals surface area contributed by atoms with Gasteiger partial charge >= 0.3 is 0 Å². The van der Waals surface area contributed by atoms with E-state index >= 15 is 0 Å². The molecule has 2 amide bonds. The van der Waals surface area contributed by atoms with E-state index in [0.29, 0.717) is 46.8 Å². The average Bonchev–Trinajstić information content (AvgIpc) is 3.54. The number of piperidine rings is 1. The molecule has 5 rings (SSSR count). The van der Waals surface area contributed by atoms with Crippen LogP contribution < -0.4 is 0 Å². The Hall–Kier alpha value is -3.16. The molecule has 2 aliphatic rings. The van der Waals surface area contributed by atoms with Crippen molar-refractivity contribution in [3.8, 4) is 11.5 Å². The van der Waals surface area contributed by atoms with Gasteiger partial charge in [-0.1, -0.05) is 5.16 Å². The monoisotopic (exact) mass is 408 g/mol. The highest BCUT2D eigenvalue weighted by molar-refractivity contribution is 6.08. The number of furan rings is 1. The van der Waals surface area contributed by atoms with Gasteiger partial charge < -0.3 is 18.7 Å². The van der Waals surface area contributed by atoms with Gasteiger partial charge in [0.25, 0.3) is 11.6 Å². The highest BCUT2D eigenvalue weighted by Crippen LogP contribution is 2.30. The molecule has 1 atom stereocenters. The fourth-order valence-electron chi connectivity index (χ4n) is 4.55. The molecule has 3 aromatic heterocycles. The zero-order chi connectivity index (χ0) is 20.7. The maximum Gasteiger partial charge on any atom is 0.259 e. The quantitative estimate of drug-likeness (QED) is 0.659. The van der Waals surface area contributed by atoms with E-state index in [1.807, 2.05) is 4.90 Å². The Balaban J connectivity index is 1.55. The number of carbonyl (C=O) groups is 2. The van der Waals surface area contributed by atoms with Gasteiger partial charge in [0, 0.05) is 19.6 Å². The molecule has 8 heteroatoms. The molecule has 0 N–H and O–H groups in total. The molecular weight excluding hydrogens is 384 g/mol. The molecule has 8 nitrogen and oxygen atoms in total. The number of nitrogens with zero attached hydrogens (tertiary/aromatic N) is 4. The number of carbonyl (C=O) groups excluding carboxylic acids is 2. The second kappa shape index (κ2) is 7.59. The Morgan fingerprint density at radius 1 is 1.13 bits per heavy atom. The largest absolute Gasteiger partial charge is 0.463 e. The standard InChI is InChI=1S/C22H24N4O4/c1-14-19-15(13-16(18-8-6-12-29-18)23-20(19)30-24-14)21(27)26-11-3-2-7-17(26)22(28)25-9-4-5-10-25/h6,8,12-13,17H,2-5,7,9-11H2,1H3. The average molecular weight is 408 g/mol. The SMILES string of the molecule is Cc1noc2nc(-c3ccco3)cc(C(=O)N3CCCCC3C(=O)N3CCCC3)c12. The van der Waals surface area contributed by atoms with E-state index in [4.69, 9.17) is 8.94 Å². The van der Waals surface area contributed by atoms with E-state index < -0.39 is 6.04 Å². The zero-order valence-corrected chi connectivity index (χ0v) is 17.0. The second-order valence-electron chi connectivity index (χ2n) is 8.02. The number of rotatable bonds is 3. The topological polar surface area (TPSA) is 92.7 Å². The van der Waals surface area contributed by atoms with Crippen LogP contribution in [0.1, 0.15) is 48.2 Å². The summed E-state index contributed by atoms with van der Waals surface area (Å²) in [5, 5.41) is 4.60. The van der Waals surface area contributed by atoms with Crippen molar-refractivity contribution in [3.63, 3.8) is 0 Å². The minimum absolute atomic E-state index is 0.0687. The van der Waals surface area contributed by atoms with Gasteiger partial charge in [0.05, 0.1) is 22.9 Å². The molecule has 2 fully saturated rings. The molecule has 0 saturated carbocycles. The minimum Gasteiger partial charge on any atom is -0.463 e. The molecule has 0 aromatic carbocycles. The molecule has 1 unspecified atom stereocenters. The Morgan fingerprint density at radius 2 is 1.93 bits per heavy atom. The number of aromatic nitrogens is 2. The summed E-state index contributed by atoms with van der Waals surface area (Å²) in [5.74, 6) is 0.432. The molecular formula is C22H24N4O4. The summed E-state index contributed by atoms with van der Waals surface area (Å²) < 4.78 is 10.8. The van der Waals surface area contributed by atoms with E-state index in [1.54, 1.807) is 36.3 Å². The number of likely N-dealkylation sites (tertiary alicyclic amines) is 2. The molecule has 0 bridgehead atoms. The Kier molecular flexibility index (Phi) is 4.77. The summed E-state index contributed by atoms with van der Waals surface area (Å²) in [7, 11) is 0. The van der Waals surface area contributed by atoms with Gasteiger partial charge in [0.1, 0.15) is 11.7 Å². The summed E-state index contributed by atoms with van der Waals surface area (Å²) in [5.41, 5.74) is 1.85. The van der Waals surface area contributed by atoms with Crippen LogP contribution in [-0.2, 0) is 4.79 Å². The van der Waals surface area contributed by atoms with E-state index in [9.17, 15) is 9.59 Å². The van der Waals surface area contributed by atoms with Gasteiger partial charge in [-0.2, -0.15) is 0 Å². The van der Waals surface area contributed by atoms with E-state index in [-0.39, 0.29) is 11.8 Å². The third-order valence-corrected chi connectivity index (χ3v) is 6.09. The van der Waals surface area contributed by atoms with Crippen LogP contribution in [0.5, 0.6) is 0 Å². The van der Waals surface area contributed by atoms with E-state index in [2.05, 4.69) is 10.1 Å². The van der Waals surface area contributed by atoms with Gasteiger partial charge in [-0.3, -0.25) is 9.59 Å². The van der Waals surface area contributed by atoms with Crippen LogP contribution in [0.4, 0.5) is 0 Å². The lowest BCUT2D eigenvalue weighted by Crippen LogP contribution is -2.52. The second-order valence-corrected chi connectivity index (χ2v) is 8.02. The van der Waals surface area contributed by atoms with Crippen molar-refractivity contribution in [1.29, 1.82) is 0 Å². The summed E-state index contributed by atoms with van der Waals surface area (Å²) >= 11 is 0. The lowest BCUT2D eigenvalue weighted by Gasteiger charge is -2.37. The van der Waals surface area contributed by atoms with Crippen LogP contribution >= 0.6 is 0 Å². The van der Waals surface area contributed by atoms with Crippen LogP contribution in [0.3, 0.4) is 0 Å².